The number of ether oxygens (including phenoxy) is 1. The van der Waals surface area contributed by atoms with E-state index in [1.165, 1.54) is 32.1 Å². The normalized spacial score (nSPS) is 18.1. The maximum atomic E-state index is 12.1. The van der Waals surface area contributed by atoms with Gasteiger partial charge in [0.1, 0.15) is 0 Å². The second-order valence-corrected chi connectivity index (χ2v) is 5.29. The second kappa shape index (κ2) is 7.00. The van der Waals surface area contributed by atoms with E-state index in [1.54, 1.807) is 0 Å². The van der Waals surface area contributed by atoms with Gasteiger partial charge in [-0.1, -0.05) is 33.1 Å². The first-order valence-electron chi connectivity index (χ1n) is 7.05. The monoisotopic (exact) mass is 241 g/mol. The Morgan fingerprint density at radius 2 is 1.82 bits per heavy atom. The zero-order chi connectivity index (χ0) is 12.7. The van der Waals surface area contributed by atoms with Crippen molar-refractivity contribution in [2.75, 3.05) is 13.2 Å². The highest BCUT2D eigenvalue weighted by molar-refractivity contribution is 5.77. The van der Waals surface area contributed by atoms with Crippen molar-refractivity contribution in [3.8, 4) is 0 Å². The minimum Gasteiger partial charge on any atom is -0.465 e. The van der Waals surface area contributed by atoms with Gasteiger partial charge in [0.25, 0.3) is 0 Å². The molecule has 0 spiro atoms. The van der Waals surface area contributed by atoms with Crippen molar-refractivity contribution in [3.05, 3.63) is 0 Å². The maximum Gasteiger partial charge on any atom is 0.313 e. The Kier molecular flexibility index (Phi) is 5.96. The molecular formula is C14H27NO2. The van der Waals surface area contributed by atoms with Crippen LogP contribution in [0.3, 0.4) is 0 Å². The zero-order valence-corrected chi connectivity index (χ0v) is 11.3. The average Bonchev–Trinajstić information content (AvgIpc) is 2.40. The molecule has 0 unspecified atom stereocenters. The number of hydrogen-bond donors (Lipinski definition) is 1. The van der Waals surface area contributed by atoms with Crippen molar-refractivity contribution < 1.29 is 9.53 Å². The average molecular weight is 241 g/mol. The molecule has 1 rings (SSSR count). The van der Waals surface area contributed by atoms with Crippen LogP contribution in [-0.4, -0.2) is 19.1 Å². The van der Waals surface area contributed by atoms with Gasteiger partial charge in [0, 0.05) is 6.54 Å². The van der Waals surface area contributed by atoms with Gasteiger partial charge in [-0.05, 0) is 31.6 Å². The van der Waals surface area contributed by atoms with Crippen molar-refractivity contribution in [1.29, 1.82) is 0 Å². The molecule has 1 fully saturated rings. The predicted octanol–water partition coefficient (Wildman–Crippen LogP) is 2.88. The summed E-state index contributed by atoms with van der Waals surface area (Å²) < 4.78 is 5.50. The number of carbonyl (C=O) groups excluding carboxylic acids is 1. The quantitative estimate of drug-likeness (QED) is 0.727. The lowest BCUT2D eigenvalue weighted by Gasteiger charge is -2.29. The van der Waals surface area contributed by atoms with Crippen LogP contribution in [0.4, 0.5) is 0 Å². The van der Waals surface area contributed by atoms with Crippen LogP contribution >= 0.6 is 0 Å². The molecule has 0 aliphatic heterocycles. The van der Waals surface area contributed by atoms with Crippen LogP contribution in [0.1, 0.15) is 58.8 Å². The topological polar surface area (TPSA) is 52.3 Å². The lowest BCUT2D eigenvalue weighted by Crippen LogP contribution is -2.39. The molecule has 0 amide bonds. The van der Waals surface area contributed by atoms with Gasteiger partial charge in [-0.2, -0.15) is 0 Å². The van der Waals surface area contributed by atoms with Gasteiger partial charge < -0.3 is 10.5 Å². The van der Waals surface area contributed by atoms with E-state index in [4.69, 9.17) is 10.5 Å². The smallest absolute Gasteiger partial charge is 0.313 e. The molecule has 3 heteroatoms. The molecule has 17 heavy (non-hydrogen) atoms. The van der Waals surface area contributed by atoms with Crippen molar-refractivity contribution in [3.63, 3.8) is 0 Å². The molecule has 0 aromatic heterocycles. The summed E-state index contributed by atoms with van der Waals surface area (Å²) in [7, 11) is 0. The van der Waals surface area contributed by atoms with Crippen LogP contribution < -0.4 is 5.73 Å². The van der Waals surface area contributed by atoms with Crippen LogP contribution in [0.2, 0.25) is 0 Å². The molecule has 0 aromatic rings. The molecule has 0 heterocycles. The Morgan fingerprint density at radius 1 is 1.24 bits per heavy atom. The molecule has 0 saturated heterocycles. The Balaban J connectivity index is 2.41. The van der Waals surface area contributed by atoms with Gasteiger partial charge in [0.05, 0.1) is 12.0 Å². The first-order chi connectivity index (χ1) is 8.18. The Labute approximate surface area is 105 Å². The van der Waals surface area contributed by atoms with E-state index in [0.717, 1.165) is 12.8 Å². The SMILES string of the molecule is CCC(CC)(CN)C(=O)OCC1CCCCC1. The molecule has 1 aliphatic rings. The first-order valence-corrected chi connectivity index (χ1v) is 7.05. The van der Waals surface area contributed by atoms with Gasteiger partial charge in [-0.3, -0.25) is 4.79 Å². The maximum absolute atomic E-state index is 12.1. The number of esters is 1. The fourth-order valence-corrected chi connectivity index (χ4v) is 2.61. The van der Waals surface area contributed by atoms with Crippen LogP contribution in [0, 0.1) is 11.3 Å². The molecule has 0 bridgehead atoms. The summed E-state index contributed by atoms with van der Waals surface area (Å²) in [6, 6.07) is 0. The van der Waals surface area contributed by atoms with Gasteiger partial charge in [-0.25, -0.2) is 0 Å². The summed E-state index contributed by atoms with van der Waals surface area (Å²) in [6.45, 7) is 5.01. The number of carbonyl (C=O) groups is 1. The van der Waals surface area contributed by atoms with Gasteiger partial charge >= 0.3 is 5.97 Å². The van der Waals surface area contributed by atoms with E-state index in [1.807, 2.05) is 13.8 Å². The van der Waals surface area contributed by atoms with Crippen molar-refractivity contribution >= 4 is 5.97 Å². The number of rotatable bonds is 6. The summed E-state index contributed by atoms with van der Waals surface area (Å²) >= 11 is 0. The predicted molar refractivity (Wildman–Crippen MR) is 69.6 cm³/mol. The molecular weight excluding hydrogens is 214 g/mol. The third-order valence-electron chi connectivity index (χ3n) is 4.35. The lowest BCUT2D eigenvalue weighted by atomic mass is 9.82. The van der Waals surface area contributed by atoms with Crippen LogP contribution in [0.15, 0.2) is 0 Å². The van der Waals surface area contributed by atoms with Crippen LogP contribution in [0.25, 0.3) is 0 Å². The van der Waals surface area contributed by atoms with E-state index in [-0.39, 0.29) is 5.97 Å². The molecule has 3 nitrogen and oxygen atoms in total. The Hall–Kier alpha value is -0.570. The molecule has 0 aromatic carbocycles. The molecule has 0 atom stereocenters. The molecule has 1 aliphatic carbocycles. The molecule has 0 radical (unpaired) electrons. The largest absolute Gasteiger partial charge is 0.465 e. The third kappa shape index (κ3) is 3.70. The Bertz CT molecular complexity index is 222. The van der Waals surface area contributed by atoms with E-state index < -0.39 is 5.41 Å². The fraction of sp³-hybridized carbons (Fsp3) is 0.929. The van der Waals surface area contributed by atoms with Gasteiger partial charge in [-0.15, -0.1) is 0 Å². The highest BCUT2D eigenvalue weighted by atomic mass is 16.5. The van der Waals surface area contributed by atoms with E-state index in [0.29, 0.717) is 19.1 Å². The number of nitrogens with two attached hydrogens (primary N) is 1. The fourth-order valence-electron chi connectivity index (χ4n) is 2.61. The summed E-state index contributed by atoms with van der Waals surface area (Å²) in [4.78, 5) is 12.1. The summed E-state index contributed by atoms with van der Waals surface area (Å²) in [6.07, 6.45) is 7.86. The van der Waals surface area contributed by atoms with E-state index in [2.05, 4.69) is 0 Å². The van der Waals surface area contributed by atoms with Crippen molar-refractivity contribution in [2.45, 2.75) is 58.8 Å². The zero-order valence-electron chi connectivity index (χ0n) is 11.3. The molecule has 1 saturated carbocycles. The highest BCUT2D eigenvalue weighted by Gasteiger charge is 2.35. The van der Waals surface area contributed by atoms with Crippen LogP contribution in [-0.2, 0) is 9.53 Å². The Morgan fingerprint density at radius 3 is 2.29 bits per heavy atom. The highest BCUT2D eigenvalue weighted by Crippen LogP contribution is 2.28. The standard InChI is InChI=1S/C14H27NO2/c1-3-14(4-2,11-15)13(16)17-10-12-8-6-5-7-9-12/h12H,3-11,15H2,1-2H3. The minimum atomic E-state index is -0.450. The van der Waals surface area contributed by atoms with E-state index >= 15 is 0 Å². The van der Waals surface area contributed by atoms with E-state index in [9.17, 15) is 4.79 Å². The van der Waals surface area contributed by atoms with Gasteiger partial charge in [0.2, 0.25) is 0 Å². The van der Waals surface area contributed by atoms with Crippen molar-refractivity contribution in [1.82, 2.24) is 0 Å². The molecule has 100 valence electrons. The summed E-state index contributed by atoms with van der Waals surface area (Å²) in [5.74, 6) is 0.493. The lowest BCUT2D eigenvalue weighted by molar-refractivity contribution is -0.157. The van der Waals surface area contributed by atoms with Crippen molar-refractivity contribution in [2.24, 2.45) is 17.1 Å². The second-order valence-electron chi connectivity index (χ2n) is 5.29. The molecule has 2 N–H and O–H groups in total. The third-order valence-corrected chi connectivity index (χ3v) is 4.35. The summed E-state index contributed by atoms with van der Waals surface area (Å²) in [5.41, 5.74) is 5.29. The minimum absolute atomic E-state index is 0.0874. The number of hydrogen-bond acceptors (Lipinski definition) is 3. The first kappa shape index (κ1) is 14.5. The van der Waals surface area contributed by atoms with Crippen LogP contribution in [0.5, 0.6) is 0 Å². The van der Waals surface area contributed by atoms with Gasteiger partial charge in [0.15, 0.2) is 0 Å². The summed E-state index contributed by atoms with van der Waals surface area (Å²) in [5, 5.41) is 0.